The van der Waals surface area contributed by atoms with Crippen LogP contribution in [0.3, 0.4) is 0 Å². The summed E-state index contributed by atoms with van der Waals surface area (Å²) in [5, 5.41) is 4.61. The van der Waals surface area contributed by atoms with Gasteiger partial charge < -0.3 is 14.0 Å². The number of methoxy groups -OCH3 is 1. The SMILES string of the molecule is COc1ccc(OC(c2nc(-c3ccc(C=O)cc3)no2)c2ccccc2Cl)cc1C. The topological polar surface area (TPSA) is 74.5 Å². The van der Waals surface area contributed by atoms with Crippen molar-refractivity contribution < 1.29 is 18.8 Å². The number of hydrogen-bond acceptors (Lipinski definition) is 6. The fourth-order valence-corrected chi connectivity index (χ4v) is 3.40. The van der Waals surface area contributed by atoms with E-state index in [0.717, 1.165) is 23.2 Å². The molecule has 6 nitrogen and oxygen atoms in total. The lowest BCUT2D eigenvalue weighted by Gasteiger charge is -2.18. The largest absolute Gasteiger partial charge is 0.496 e. The molecule has 1 atom stereocenters. The van der Waals surface area contributed by atoms with E-state index in [1.165, 1.54) is 0 Å². The van der Waals surface area contributed by atoms with E-state index in [2.05, 4.69) is 10.1 Å². The van der Waals surface area contributed by atoms with Gasteiger partial charge in [0, 0.05) is 21.7 Å². The van der Waals surface area contributed by atoms with Crippen LogP contribution in [0, 0.1) is 6.92 Å². The van der Waals surface area contributed by atoms with Gasteiger partial charge in [0.2, 0.25) is 11.9 Å². The third kappa shape index (κ3) is 4.44. The molecule has 0 aliphatic heterocycles. The maximum atomic E-state index is 10.9. The summed E-state index contributed by atoms with van der Waals surface area (Å²) in [7, 11) is 1.62. The van der Waals surface area contributed by atoms with Gasteiger partial charge in [0.25, 0.3) is 5.89 Å². The van der Waals surface area contributed by atoms with Gasteiger partial charge in [-0.3, -0.25) is 4.79 Å². The van der Waals surface area contributed by atoms with Gasteiger partial charge in [0.1, 0.15) is 17.8 Å². The molecule has 0 radical (unpaired) electrons. The zero-order valence-electron chi connectivity index (χ0n) is 16.9. The Morgan fingerprint density at radius 3 is 2.52 bits per heavy atom. The maximum absolute atomic E-state index is 10.9. The van der Waals surface area contributed by atoms with Crippen LogP contribution in [0.5, 0.6) is 11.5 Å². The number of carbonyl (C=O) groups is 1. The number of benzene rings is 3. The van der Waals surface area contributed by atoms with E-state index >= 15 is 0 Å². The lowest BCUT2D eigenvalue weighted by Crippen LogP contribution is -2.11. The fourth-order valence-electron chi connectivity index (χ4n) is 3.16. The molecule has 0 aliphatic carbocycles. The molecule has 0 bridgehead atoms. The van der Waals surface area contributed by atoms with Gasteiger partial charge in [-0.15, -0.1) is 0 Å². The molecule has 0 saturated carbocycles. The monoisotopic (exact) mass is 434 g/mol. The summed E-state index contributed by atoms with van der Waals surface area (Å²) in [5.41, 5.74) is 2.92. The van der Waals surface area contributed by atoms with Gasteiger partial charge >= 0.3 is 0 Å². The van der Waals surface area contributed by atoms with Crippen molar-refractivity contribution in [2.45, 2.75) is 13.0 Å². The van der Waals surface area contributed by atoms with Crippen LogP contribution >= 0.6 is 11.6 Å². The zero-order chi connectivity index (χ0) is 21.8. The van der Waals surface area contributed by atoms with E-state index < -0.39 is 6.10 Å². The number of rotatable bonds is 7. The molecule has 0 spiro atoms. The number of carbonyl (C=O) groups excluding carboxylic acids is 1. The average Bonchev–Trinajstić information content (AvgIpc) is 3.28. The lowest BCUT2D eigenvalue weighted by molar-refractivity contribution is 0.112. The van der Waals surface area contributed by atoms with E-state index in [0.29, 0.717) is 27.7 Å². The molecule has 31 heavy (non-hydrogen) atoms. The molecule has 0 saturated heterocycles. The number of aromatic nitrogens is 2. The van der Waals surface area contributed by atoms with Crippen LogP contribution in [-0.4, -0.2) is 23.5 Å². The van der Waals surface area contributed by atoms with E-state index in [-0.39, 0.29) is 5.89 Å². The molecule has 0 amide bonds. The first-order chi connectivity index (χ1) is 15.1. The molecule has 1 unspecified atom stereocenters. The molecule has 156 valence electrons. The minimum Gasteiger partial charge on any atom is -0.496 e. The number of nitrogens with zero attached hydrogens (tertiary/aromatic N) is 2. The number of ether oxygens (including phenoxy) is 2. The maximum Gasteiger partial charge on any atom is 0.272 e. The van der Waals surface area contributed by atoms with Crippen molar-refractivity contribution in [1.29, 1.82) is 0 Å². The lowest BCUT2D eigenvalue weighted by atomic mass is 10.1. The molecule has 3 aromatic carbocycles. The summed E-state index contributed by atoms with van der Waals surface area (Å²) in [6, 6.07) is 19.8. The van der Waals surface area contributed by atoms with Crippen LogP contribution in [0.15, 0.2) is 71.3 Å². The Balaban J connectivity index is 1.71. The minimum atomic E-state index is -0.711. The summed E-state index contributed by atoms with van der Waals surface area (Å²) in [6.45, 7) is 1.93. The third-order valence-corrected chi connectivity index (χ3v) is 5.12. The second-order valence-electron chi connectivity index (χ2n) is 6.85. The molecule has 0 aliphatic rings. The van der Waals surface area contributed by atoms with Gasteiger partial charge in [-0.05, 0) is 36.8 Å². The van der Waals surface area contributed by atoms with Gasteiger partial charge in [-0.1, -0.05) is 59.2 Å². The van der Waals surface area contributed by atoms with Crippen LogP contribution in [0.25, 0.3) is 11.4 Å². The summed E-state index contributed by atoms with van der Waals surface area (Å²) in [5.74, 6) is 2.02. The highest BCUT2D eigenvalue weighted by Crippen LogP contribution is 2.34. The van der Waals surface area contributed by atoms with Crippen LogP contribution in [-0.2, 0) is 0 Å². The van der Waals surface area contributed by atoms with Gasteiger partial charge in [-0.25, -0.2) is 0 Å². The highest BCUT2D eigenvalue weighted by atomic mass is 35.5. The average molecular weight is 435 g/mol. The normalized spacial score (nSPS) is 11.7. The predicted octanol–water partition coefficient (Wildman–Crippen LogP) is 5.69. The first-order valence-corrected chi connectivity index (χ1v) is 9.92. The number of aldehydes is 1. The van der Waals surface area contributed by atoms with E-state index in [4.69, 9.17) is 25.6 Å². The molecule has 1 aromatic heterocycles. The Kier molecular flexibility index (Phi) is 6.00. The summed E-state index contributed by atoms with van der Waals surface area (Å²) in [6.07, 6.45) is 0.0702. The summed E-state index contributed by atoms with van der Waals surface area (Å²) < 4.78 is 17.1. The van der Waals surface area contributed by atoms with Crippen LogP contribution in [0.4, 0.5) is 0 Å². The number of aryl methyl sites for hydroxylation is 1. The van der Waals surface area contributed by atoms with Crippen molar-refractivity contribution in [2.75, 3.05) is 7.11 Å². The van der Waals surface area contributed by atoms with Crippen molar-refractivity contribution in [3.8, 4) is 22.9 Å². The Labute approximate surface area is 184 Å². The van der Waals surface area contributed by atoms with E-state index in [1.54, 1.807) is 37.4 Å². The minimum absolute atomic E-state index is 0.260. The molecular formula is C24H19ClN2O4. The zero-order valence-corrected chi connectivity index (χ0v) is 17.7. The highest BCUT2D eigenvalue weighted by molar-refractivity contribution is 6.31. The molecule has 7 heteroatoms. The predicted molar refractivity (Wildman–Crippen MR) is 117 cm³/mol. The Hall–Kier alpha value is -3.64. The highest BCUT2D eigenvalue weighted by Gasteiger charge is 2.26. The Morgan fingerprint density at radius 2 is 1.84 bits per heavy atom. The van der Waals surface area contributed by atoms with Crippen LogP contribution in [0.2, 0.25) is 5.02 Å². The molecular weight excluding hydrogens is 416 g/mol. The third-order valence-electron chi connectivity index (χ3n) is 4.78. The Bertz CT molecular complexity index is 1200. The van der Waals surface area contributed by atoms with Crippen LogP contribution in [0.1, 0.15) is 33.5 Å². The van der Waals surface area contributed by atoms with Crippen molar-refractivity contribution in [3.05, 3.63) is 94.3 Å². The second kappa shape index (κ2) is 9.02. The molecule has 1 heterocycles. The van der Waals surface area contributed by atoms with Gasteiger partial charge in [0.05, 0.1) is 7.11 Å². The number of halogens is 1. The van der Waals surface area contributed by atoms with Crippen LogP contribution < -0.4 is 9.47 Å². The Morgan fingerprint density at radius 1 is 1.06 bits per heavy atom. The van der Waals surface area contributed by atoms with Crippen molar-refractivity contribution in [3.63, 3.8) is 0 Å². The summed E-state index contributed by atoms with van der Waals surface area (Å²) in [4.78, 5) is 15.4. The molecule has 0 N–H and O–H groups in total. The molecule has 4 rings (SSSR count). The fraction of sp³-hybridized carbons (Fsp3) is 0.125. The summed E-state index contributed by atoms with van der Waals surface area (Å²) >= 11 is 6.45. The van der Waals surface area contributed by atoms with Crippen molar-refractivity contribution in [2.24, 2.45) is 0 Å². The first-order valence-electron chi connectivity index (χ1n) is 9.54. The smallest absolute Gasteiger partial charge is 0.272 e. The van der Waals surface area contributed by atoms with Crippen molar-refractivity contribution in [1.82, 2.24) is 10.1 Å². The first kappa shape index (κ1) is 20.6. The van der Waals surface area contributed by atoms with E-state index in [1.807, 2.05) is 43.3 Å². The quantitative estimate of drug-likeness (QED) is 0.348. The number of hydrogen-bond donors (Lipinski definition) is 0. The van der Waals surface area contributed by atoms with E-state index in [9.17, 15) is 4.79 Å². The second-order valence-corrected chi connectivity index (χ2v) is 7.25. The standard InChI is InChI=1S/C24H19ClN2O4/c1-15-13-18(11-12-21(15)29-2)30-22(19-5-3-4-6-20(19)25)24-26-23(27-31-24)17-9-7-16(14-28)8-10-17/h3-14,22H,1-2H3. The van der Waals surface area contributed by atoms with Gasteiger partial charge in [-0.2, -0.15) is 4.98 Å². The molecule has 4 aromatic rings. The van der Waals surface area contributed by atoms with Crippen molar-refractivity contribution >= 4 is 17.9 Å². The van der Waals surface area contributed by atoms with Gasteiger partial charge in [0.15, 0.2) is 0 Å². The molecule has 0 fully saturated rings.